The highest BCUT2D eigenvalue weighted by atomic mass is 32.1. The summed E-state index contributed by atoms with van der Waals surface area (Å²) < 4.78 is 0. The molecule has 3 nitrogen and oxygen atoms in total. The number of aromatic hydroxyl groups is 1. The van der Waals surface area contributed by atoms with Gasteiger partial charge in [0, 0.05) is 5.56 Å². The van der Waals surface area contributed by atoms with E-state index in [1.54, 1.807) is 23.5 Å². The van der Waals surface area contributed by atoms with Gasteiger partial charge in [0.1, 0.15) is 16.6 Å². The van der Waals surface area contributed by atoms with Crippen molar-refractivity contribution in [3.05, 3.63) is 54.6 Å². The lowest BCUT2D eigenvalue weighted by molar-refractivity contribution is 0.475. The standard InChI is InChI=1S/C15H12N2OS/c16-14-13(10-6-8-12(18)9-7-10)19-15(17-14)11-4-2-1-3-5-11/h1-9,18H,16H2. The number of nitrogen functional groups attached to an aromatic ring is 1. The van der Waals surface area contributed by atoms with Crippen LogP contribution in [0, 0.1) is 0 Å². The summed E-state index contributed by atoms with van der Waals surface area (Å²) in [6.45, 7) is 0. The SMILES string of the molecule is Nc1nc(-c2ccccc2)sc1-c1ccc(O)cc1. The fraction of sp³-hybridized carbons (Fsp3) is 0. The van der Waals surface area contributed by atoms with Crippen LogP contribution in [-0.2, 0) is 0 Å². The molecule has 0 saturated carbocycles. The maximum absolute atomic E-state index is 9.31. The highest BCUT2D eigenvalue weighted by Gasteiger charge is 2.11. The summed E-state index contributed by atoms with van der Waals surface area (Å²) in [4.78, 5) is 5.34. The van der Waals surface area contributed by atoms with E-state index in [0.29, 0.717) is 5.82 Å². The zero-order valence-electron chi connectivity index (χ0n) is 10.1. The fourth-order valence-corrected chi connectivity index (χ4v) is 2.85. The number of phenolic OH excluding ortho intramolecular Hbond substituents is 1. The van der Waals surface area contributed by atoms with Crippen LogP contribution < -0.4 is 5.73 Å². The van der Waals surface area contributed by atoms with E-state index in [4.69, 9.17) is 5.73 Å². The molecule has 3 aromatic rings. The lowest BCUT2D eigenvalue weighted by Crippen LogP contribution is -1.87. The summed E-state index contributed by atoms with van der Waals surface area (Å²) in [5.74, 6) is 0.768. The van der Waals surface area contributed by atoms with Crippen LogP contribution in [-0.4, -0.2) is 10.1 Å². The van der Waals surface area contributed by atoms with E-state index in [2.05, 4.69) is 4.98 Å². The second kappa shape index (κ2) is 4.74. The first-order chi connectivity index (χ1) is 9.24. The number of hydrogen-bond donors (Lipinski definition) is 2. The van der Waals surface area contributed by atoms with Gasteiger partial charge in [0.15, 0.2) is 0 Å². The van der Waals surface area contributed by atoms with Crippen LogP contribution in [0.3, 0.4) is 0 Å². The Morgan fingerprint density at radius 2 is 1.58 bits per heavy atom. The summed E-state index contributed by atoms with van der Waals surface area (Å²) >= 11 is 1.55. The van der Waals surface area contributed by atoms with E-state index >= 15 is 0 Å². The quantitative estimate of drug-likeness (QED) is 0.744. The number of phenols is 1. The summed E-state index contributed by atoms with van der Waals surface area (Å²) in [6, 6.07) is 16.9. The van der Waals surface area contributed by atoms with E-state index in [0.717, 1.165) is 21.0 Å². The molecule has 4 heteroatoms. The van der Waals surface area contributed by atoms with E-state index < -0.39 is 0 Å². The van der Waals surface area contributed by atoms with Crippen molar-refractivity contribution in [1.82, 2.24) is 4.98 Å². The Kier molecular flexibility index (Phi) is 2.93. The molecule has 1 heterocycles. The monoisotopic (exact) mass is 268 g/mol. The zero-order chi connectivity index (χ0) is 13.2. The summed E-state index contributed by atoms with van der Waals surface area (Å²) in [5.41, 5.74) is 8.01. The predicted octanol–water partition coefficient (Wildman–Crippen LogP) is 3.76. The van der Waals surface area contributed by atoms with Gasteiger partial charge >= 0.3 is 0 Å². The number of aromatic nitrogens is 1. The molecular formula is C15H12N2OS. The molecule has 2 aromatic carbocycles. The predicted molar refractivity (Wildman–Crippen MR) is 79.1 cm³/mol. The molecule has 19 heavy (non-hydrogen) atoms. The van der Waals surface area contributed by atoms with Gasteiger partial charge in [0.25, 0.3) is 0 Å². The number of nitrogens with two attached hydrogens (primary N) is 1. The van der Waals surface area contributed by atoms with Crippen LogP contribution in [0.4, 0.5) is 5.82 Å². The van der Waals surface area contributed by atoms with Crippen molar-refractivity contribution in [2.24, 2.45) is 0 Å². The van der Waals surface area contributed by atoms with Crippen molar-refractivity contribution in [1.29, 1.82) is 0 Å². The minimum absolute atomic E-state index is 0.245. The molecule has 3 N–H and O–H groups in total. The van der Waals surface area contributed by atoms with Gasteiger partial charge in [-0.2, -0.15) is 0 Å². The molecule has 0 spiro atoms. The molecule has 0 bridgehead atoms. The molecule has 0 aliphatic heterocycles. The fourth-order valence-electron chi connectivity index (χ4n) is 1.86. The Morgan fingerprint density at radius 1 is 0.895 bits per heavy atom. The summed E-state index contributed by atoms with van der Waals surface area (Å²) in [6.07, 6.45) is 0. The third-order valence-electron chi connectivity index (χ3n) is 2.80. The first-order valence-corrected chi connectivity index (χ1v) is 6.67. The molecule has 0 aliphatic carbocycles. The van der Waals surface area contributed by atoms with Gasteiger partial charge in [-0.25, -0.2) is 4.98 Å². The van der Waals surface area contributed by atoms with Gasteiger partial charge in [-0.15, -0.1) is 11.3 Å². The van der Waals surface area contributed by atoms with Crippen molar-refractivity contribution in [2.45, 2.75) is 0 Å². The van der Waals surface area contributed by atoms with E-state index in [1.165, 1.54) is 0 Å². The number of hydrogen-bond acceptors (Lipinski definition) is 4. The third kappa shape index (κ3) is 2.30. The molecule has 0 radical (unpaired) electrons. The molecule has 0 fully saturated rings. The van der Waals surface area contributed by atoms with Gasteiger partial charge < -0.3 is 10.8 Å². The first-order valence-electron chi connectivity index (χ1n) is 5.85. The van der Waals surface area contributed by atoms with Crippen molar-refractivity contribution in [3.63, 3.8) is 0 Å². The normalized spacial score (nSPS) is 10.5. The number of benzene rings is 2. The average Bonchev–Trinajstić information content (AvgIpc) is 2.83. The molecule has 0 saturated heterocycles. The number of nitrogens with zero attached hydrogens (tertiary/aromatic N) is 1. The largest absolute Gasteiger partial charge is 0.508 e. The molecule has 0 atom stereocenters. The van der Waals surface area contributed by atoms with Crippen LogP contribution in [0.5, 0.6) is 5.75 Å². The van der Waals surface area contributed by atoms with E-state index in [9.17, 15) is 5.11 Å². The highest BCUT2D eigenvalue weighted by Crippen LogP contribution is 2.37. The number of anilines is 1. The topological polar surface area (TPSA) is 59.1 Å². The number of thiazole rings is 1. The molecule has 1 aromatic heterocycles. The van der Waals surface area contributed by atoms with Gasteiger partial charge in [0.2, 0.25) is 0 Å². The van der Waals surface area contributed by atoms with E-state index in [1.807, 2.05) is 42.5 Å². The Morgan fingerprint density at radius 3 is 2.26 bits per heavy atom. The van der Waals surface area contributed by atoms with E-state index in [-0.39, 0.29) is 5.75 Å². The molecule has 0 aliphatic rings. The van der Waals surface area contributed by atoms with Crippen molar-refractivity contribution < 1.29 is 5.11 Å². The van der Waals surface area contributed by atoms with Crippen molar-refractivity contribution >= 4 is 17.2 Å². The zero-order valence-corrected chi connectivity index (χ0v) is 10.9. The summed E-state index contributed by atoms with van der Waals surface area (Å²) in [7, 11) is 0. The molecule has 3 rings (SSSR count). The van der Waals surface area contributed by atoms with Crippen molar-refractivity contribution in [3.8, 4) is 26.8 Å². The number of rotatable bonds is 2. The molecular weight excluding hydrogens is 256 g/mol. The average molecular weight is 268 g/mol. The highest BCUT2D eigenvalue weighted by molar-refractivity contribution is 7.19. The maximum atomic E-state index is 9.31. The third-order valence-corrected chi connectivity index (χ3v) is 3.97. The van der Waals surface area contributed by atoms with Crippen LogP contribution in [0.1, 0.15) is 0 Å². The minimum Gasteiger partial charge on any atom is -0.508 e. The lowest BCUT2D eigenvalue weighted by atomic mass is 10.2. The molecule has 0 amide bonds. The Hall–Kier alpha value is -2.33. The molecule has 94 valence electrons. The van der Waals surface area contributed by atoms with Crippen LogP contribution in [0.15, 0.2) is 54.6 Å². The van der Waals surface area contributed by atoms with Gasteiger partial charge in [0.05, 0.1) is 4.88 Å². The maximum Gasteiger partial charge on any atom is 0.143 e. The minimum atomic E-state index is 0.245. The second-order valence-corrected chi connectivity index (χ2v) is 5.15. The Labute approximate surface area is 115 Å². The lowest BCUT2D eigenvalue weighted by Gasteiger charge is -1.98. The van der Waals surface area contributed by atoms with Crippen LogP contribution in [0.25, 0.3) is 21.0 Å². The summed E-state index contributed by atoms with van der Waals surface area (Å²) in [5, 5.41) is 10.2. The van der Waals surface area contributed by atoms with Gasteiger partial charge in [-0.3, -0.25) is 0 Å². The first kappa shape index (κ1) is 11.7. The van der Waals surface area contributed by atoms with Crippen molar-refractivity contribution in [2.75, 3.05) is 5.73 Å². The smallest absolute Gasteiger partial charge is 0.143 e. The Balaban J connectivity index is 2.05. The molecule has 0 unspecified atom stereocenters. The van der Waals surface area contributed by atoms with Gasteiger partial charge in [-0.05, 0) is 29.8 Å². The van der Waals surface area contributed by atoms with Gasteiger partial charge in [-0.1, -0.05) is 30.3 Å². The van der Waals surface area contributed by atoms with Crippen LogP contribution >= 0.6 is 11.3 Å². The Bertz CT molecular complexity index is 690. The second-order valence-electron chi connectivity index (χ2n) is 4.15. The van der Waals surface area contributed by atoms with Crippen LogP contribution in [0.2, 0.25) is 0 Å².